The van der Waals surface area contributed by atoms with Gasteiger partial charge in [-0.15, -0.1) is 0 Å². The first-order valence-electron chi connectivity index (χ1n) is 10.3. The summed E-state index contributed by atoms with van der Waals surface area (Å²) in [6.45, 7) is 1.89. The number of rotatable bonds is 5. The van der Waals surface area contributed by atoms with E-state index in [1.807, 2.05) is 0 Å². The van der Waals surface area contributed by atoms with Gasteiger partial charge >= 0.3 is 5.97 Å². The van der Waals surface area contributed by atoms with Crippen LogP contribution in [0.15, 0.2) is 34.1 Å². The van der Waals surface area contributed by atoms with Gasteiger partial charge in [-0.05, 0) is 38.0 Å². The van der Waals surface area contributed by atoms with Crippen molar-refractivity contribution in [2.45, 2.75) is 56.4 Å². The maximum Gasteiger partial charge on any atom is 0.340 e. The summed E-state index contributed by atoms with van der Waals surface area (Å²) in [5, 5.41) is 0.830. The van der Waals surface area contributed by atoms with E-state index in [9.17, 15) is 18.0 Å². The number of aromatic amines is 2. The second kappa shape index (κ2) is 8.23. The van der Waals surface area contributed by atoms with Crippen molar-refractivity contribution in [3.8, 4) is 0 Å². The molecule has 0 radical (unpaired) electrons. The zero-order valence-corrected chi connectivity index (χ0v) is 17.6. The number of H-pyrrole nitrogens is 2. The van der Waals surface area contributed by atoms with Gasteiger partial charge in [0.2, 0.25) is 10.0 Å². The number of hydrogen-bond acceptors (Lipinski definition) is 5. The minimum Gasteiger partial charge on any atom is -0.462 e. The zero-order valence-electron chi connectivity index (χ0n) is 16.8. The van der Waals surface area contributed by atoms with Crippen LogP contribution in [-0.2, 0) is 14.8 Å². The number of pyridine rings is 1. The van der Waals surface area contributed by atoms with Crippen LogP contribution in [0.25, 0.3) is 21.8 Å². The molecule has 0 aliphatic heterocycles. The molecule has 0 spiro atoms. The van der Waals surface area contributed by atoms with Gasteiger partial charge < -0.3 is 14.7 Å². The van der Waals surface area contributed by atoms with E-state index in [1.165, 1.54) is 18.3 Å². The summed E-state index contributed by atoms with van der Waals surface area (Å²) in [4.78, 5) is 30.4. The average molecular weight is 432 g/mol. The first kappa shape index (κ1) is 20.6. The number of sulfonamides is 1. The molecule has 4 rings (SSSR count). The normalized spacial score (nSPS) is 16.0. The van der Waals surface area contributed by atoms with Crippen LogP contribution in [0.1, 0.15) is 55.8 Å². The van der Waals surface area contributed by atoms with Crippen molar-refractivity contribution in [1.29, 1.82) is 0 Å². The smallest absolute Gasteiger partial charge is 0.340 e. The highest BCUT2D eigenvalue weighted by Gasteiger charge is 2.23. The summed E-state index contributed by atoms with van der Waals surface area (Å²) in [6.07, 6.45) is 7.36. The maximum atomic E-state index is 13.0. The molecule has 2 aromatic heterocycles. The Kier molecular flexibility index (Phi) is 5.66. The minimum atomic E-state index is -3.74. The quantitative estimate of drug-likeness (QED) is 0.423. The van der Waals surface area contributed by atoms with Gasteiger partial charge in [0, 0.05) is 28.5 Å². The van der Waals surface area contributed by atoms with Crippen molar-refractivity contribution >= 4 is 37.8 Å². The minimum absolute atomic E-state index is 0.0776. The molecule has 0 amide bonds. The van der Waals surface area contributed by atoms with E-state index < -0.39 is 16.0 Å². The van der Waals surface area contributed by atoms with Crippen molar-refractivity contribution in [2.24, 2.45) is 0 Å². The van der Waals surface area contributed by atoms with Crippen LogP contribution in [0.5, 0.6) is 0 Å². The molecule has 1 aliphatic rings. The molecule has 1 fully saturated rings. The van der Waals surface area contributed by atoms with Gasteiger partial charge in [0.15, 0.2) is 0 Å². The van der Waals surface area contributed by atoms with E-state index in [2.05, 4.69) is 14.7 Å². The summed E-state index contributed by atoms with van der Waals surface area (Å²) >= 11 is 0. The van der Waals surface area contributed by atoms with E-state index in [4.69, 9.17) is 4.74 Å². The van der Waals surface area contributed by atoms with Crippen molar-refractivity contribution < 1.29 is 17.9 Å². The first-order chi connectivity index (χ1) is 14.4. The average Bonchev–Trinajstić information content (AvgIpc) is 3.02. The molecular weight excluding hydrogens is 406 g/mol. The number of fused-ring (bicyclic) bond motifs is 3. The van der Waals surface area contributed by atoms with Crippen molar-refractivity contribution in [2.75, 3.05) is 6.61 Å². The lowest BCUT2D eigenvalue weighted by molar-refractivity contribution is 0.0529. The monoisotopic (exact) mass is 431 g/mol. The molecule has 1 saturated carbocycles. The lowest BCUT2D eigenvalue weighted by atomic mass is 10.1. The standard InChI is InChI=1S/C21H25N3O5S/c1-2-29-21(26)16-12-22-19-18(16)15-11-14(9-10-17(15)23-20(19)25)30(27,28)24-13-7-5-3-4-6-8-13/h9-13,22,24H,2-8H2,1H3,(H,23,25). The number of carbonyl (C=O) groups is 1. The van der Waals surface area contributed by atoms with Crippen LogP contribution in [0.2, 0.25) is 0 Å². The van der Waals surface area contributed by atoms with Crippen LogP contribution in [0.3, 0.4) is 0 Å². The van der Waals surface area contributed by atoms with Crippen LogP contribution < -0.4 is 10.3 Å². The summed E-state index contributed by atoms with van der Waals surface area (Å²) in [6, 6.07) is 4.45. The Morgan fingerprint density at radius 1 is 1.20 bits per heavy atom. The molecule has 1 aliphatic carbocycles. The molecule has 8 nitrogen and oxygen atoms in total. The Balaban J connectivity index is 1.82. The number of ether oxygens (including phenoxy) is 1. The Labute approximate surface area is 174 Å². The number of carbonyl (C=O) groups excluding carboxylic acids is 1. The fraction of sp³-hybridized carbons (Fsp3) is 0.429. The van der Waals surface area contributed by atoms with Gasteiger partial charge in [0.25, 0.3) is 5.56 Å². The molecule has 1 aromatic carbocycles. The van der Waals surface area contributed by atoms with Gasteiger partial charge in [0.1, 0.15) is 5.52 Å². The summed E-state index contributed by atoms with van der Waals surface area (Å²) in [7, 11) is -3.74. The second-order valence-corrected chi connectivity index (χ2v) is 9.36. The van der Waals surface area contributed by atoms with Gasteiger partial charge in [-0.1, -0.05) is 25.7 Å². The topological polar surface area (TPSA) is 121 Å². The van der Waals surface area contributed by atoms with Crippen molar-refractivity contribution in [3.05, 3.63) is 40.3 Å². The fourth-order valence-corrected chi connectivity index (χ4v) is 5.46. The van der Waals surface area contributed by atoms with Gasteiger partial charge in [-0.3, -0.25) is 4.79 Å². The van der Waals surface area contributed by atoms with Crippen LogP contribution >= 0.6 is 0 Å². The maximum absolute atomic E-state index is 13.0. The van der Waals surface area contributed by atoms with Crippen LogP contribution in [-0.4, -0.2) is 37.0 Å². The Morgan fingerprint density at radius 3 is 2.63 bits per heavy atom. The van der Waals surface area contributed by atoms with E-state index in [0.717, 1.165) is 38.5 Å². The third-order valence-electron chi connectivity index (χ3n) is 5.60. The summed E-state index contributed by atoms with van der Waals surface area (Å²) < 4.78 is 34.0. The van der Waals surface area contributed by atoms with Crippen molar-refractivity contribution in [3.63, 3.8) is 0 Å². The number of benzene rings is 1. The van der Waals surface area contributed by atoms with Gasteiger partial charge in [0.05, 0.1) is 17.1 Å². The van der Waals surface area contributed by atoms with E-state index in [0.29, 0.717) is 16.3 Å². The number of esters is 1. The predicted molar refractivity (Wildman–Crippen MR) is 114 cm³/mol. The second-order valence-electron chi connectivity index (χ2n) is 7.64. The summed E-state index contributed by atoms with van der Waals surface area (Å²) in [5.74, 6) is -0.569. The lowest BCUT2D eigenvalue weighted by Crippen LogP contribution is -2.34. The molecule has 0 saturated heterocycles. The molecule has 9 heteroatoms. The molecule has 160 valence electrons. The molecule has 0 unspecified atom stereocenters. The molecular formula is C21H25N3O5S. The largest absolute Gasteiger partial charge is 0.462 e. The van der Waals surface area contributed by atoms with Crippen molar-refractivity contribution in [1.82, 2.24) is 14.7 Å². The van der Waals surface area contributed by atoms with Gasteiger partial charge in [-0.25, -0.2) is 17.9 Å². The highest BCUT2D eigenvalue weighted by atomic mass is 32.2. The Bertz CT molecular complexity index is 1250. The third kappa shape index (κ3) is 3.87. The molecule has 0 bridgehead atoms. The Morgan fingerprint density at radius 2 is 1.93 bits per heavy atom. The predicted octanol–water partition coefficient (Wildman–Crippen LogP) is 3.19. The SMILES string of the molecule is CCOC(=O)c1c[nH]c2c(=O)[nH]c3ccc(S(=O)(=O)NC4CCCCCC4)cc3c12. The highest BCUT2D eigenvalue weighted by Crippen LogP contribution is 2.28. The lowest BCUT2D eigenvalue weighted by Gasteiger charge is -2.16. The van der Waals surface area contributed by atoms with E-state index >= 15 is 0 Å². The molecule has 3 N–H and O–H groups in total. The van der Waals surface area contributed by atoms with E-state index in [-0.39, 0.29) is 34.2 Å². The number of nitrogens with one attached hydrogen (secondary N) is 3. The van der Waals surface area contributed by atoms with Gasteiger partial charge in [-0.2, -0.15) is 0 Å². The van der Waals surface area contributed by atoms with E-state index in [1.54, 1.807) is 13.0 Å². The molecule has 30 heavy (non-hydrogen) atoms. The Hall–Kier alpha value is -2.65. The first-order valence-corrected chi connectivity index (χ1v) is 11.8. The molecule has 0 atom stereocenters. The number of hydrogen-bond donors (Lipinski definition) is 3. The third-order valence-corrected chi connectivity index (χ3v) is 7.12. The zero-order chi connectivity index (χ0) is 21.3. The van der Waals surface area contributed by atoms with Crippen LogP contribution in [0.4, 0.5) is 0 Å². The number of aromatic nitrogens is 2. The highest BCUT2D eigenvalue weighted by molar-refractivity contribution is 7.89. The molecule has 3 aromatic rings. The molecule has 2 heterocycles. The fourth-order valence-electron chi connectivity index (χ4n) is 4.13. The van der Waals surface area contributed by atoms with Crippen LogP contribution in [0, 0.1) is 0 Å². The summed E-state index contributed by atoms with van der Waals surface area (Å²) in [5.41, 5.74) is 0.470.